The number of rotatable bonds is 4. The molecule has 0 radical (unpaired) electrons. The van der Waals surface area contributed by atoms with Crippen LogP contribution < -0.4 is 5.73 Å². The highest BCUT2D eigenvalue weighted by atomic mass is 16.2. The normalized spacial score (nSPS) is 10.6. The molecule has 0 aliphatic rings. The second-order valence-electron chi connectivity index (χ2n) is 4.66. The maximum absolute atomic E-state index is 12.3. The van der Waals surface area contributed by atoms with Crippen LogP contribution in [-0.4, -0.2) is 23.4 Å². The summed E-state index contributed by atoms with van der Waals surface area (Å²) >= 11 is 0. The number of hydrogen-bond acceptors (Lipinski definition) is 2. The molecule has 1 aromatic rings. The van der Waals surface area contributed by atoms with E-state index in [-0.39, 0.29) is 11.9 Å². The Morgan fingerprint density at radius 1 is 1.41 bits per heavy atom. The van der Waals surface area contributed by atoms with Crippen molar-refractivity contribution in [3.05, 3.63) is 29.3 Å². The van der Waals surface area contributed by atoms with Crippen molar-refractivity contribution in [3.8, 4) is 0 Å². The van der Waals surface area contributed by atoms with Crippen LogP contribution >= 0.6 is 0 Å². The van der Waals surface area contributed by atoms with Crippen LogP contribution in [0.3, 0.4) is 0 Å². The monoisotopic (exact) mass is 234 g/mol. The smallest absolute Gasteiger partial charge is 0.254 e. The van der Waals surface area contributed by atoms with E-state index in [2.05, 4.69) is 6.92 Å². The van der Waals surface area contributed by atoms with E-state index >= 15 is 0 Å². The molecule has 17 heavy (non-hydrogen) atoms. The summed E-state index contributed by atoms with van der Waals surface area (Å²) in [6.07, 6.45) is 0.970. The van der Waals surface area contributed by atoms with E-state index in [4.69, 9.17) is 5.73 Å². The number of aryl methyl sites for hydroxylation is 1. The Hall–Kier alpha value is -1.51. The minimum Gasteiger partial charge on any atom is -0.399 e. The minimum absolute atomic E-state index is 0.0879. The van der Waals surface area contributed by atoms with Gasteiger partial charge in [-0.15, -0.1) is 0 Å². The van der Waals surface area contributed by atoms with E-state index in [0.29, 0.717) is 0 Å². The second kappa shape index (κ2) is 5.71. The molecule has 94 valence electrons. The van der Waals surface area contributed by atoms with Gasteiger partial charge in [-0.25, -0.2) is 0 Å². The van der Waals surface area contributed by atoms with Gasteiger partial charge in [0.05, 0.1) is 0 Å². The number of carbonyl (C=O) groups is 1. The average molecular weight is 234 g/mol. The molecule has 0 bridgehead atoms. The Labute approximate surface area is 104 Å². The highest BCUT2D eigenvalue weighted by molar-refractivity contribution is 5.95. The van der Waals surface area contributed by atoms with Gasteiger partial charge in [-0.2, -0.15) is 0 Å². The van der Waals surface area contributed by atoms with Crippen molar-refractivity contribution in [3.63, 3.8) is 0 Å². The number of nitrogen functional groups attached to an aromatic ring is 1. The van der Waals surface area contributed by atoms with E-state index in [1.54, 1.807) is 12.1 Å². The average Bonchev–Trinajstić information content (AvgIpc) is 2.28. The number of carbonyl (C=O) groups excluding carboxylic acids is 1. The highest BCUT2D eigenvalue weighted by Crippen LogP contribution is 2.15. The van der Waals surface area contributed by atoms with Gasteiger partial charge in [-0.05, 0) is 51.0 Å². The Balaban J connectivity index is 2.97. The topological polar surface area (TPSA) is 46.3 Å². The predicted octanol–water partition coefficient (Wildman–Crippen LogP) is 2.84. The van der Waals surface area contributed by atoms with Gasteiger partial charge in [0.15, 0.2) is 0 Å². The van der Waals surface area contributed by atoms with E-state index in [0.717, 1.165) is 29.8 Å². The van der Waals surface area contributed by atoms with Crippen LogP contribution in [0.1, 0.15) is 43.1 Å². The van der Waals surface area contributed by atoms with Crippen LogP contribution in [-0.2, 0) is 0 Å². The molecule has 3 nitrogen and oxygen atoms in total. The standard InChI is InChI=1S/C14H22N2O/c1-5-8-16(10(2)3)14(17)12-6-7-13(15)11(4)9-12/h6-7,9-10H,5,8,15H2,1-4H3. The zero-order valence-electron chi connectivity index (χ0n) is 11.2. The van der Waals surface area contributed by atoms with Crippen LogP contribution in [0, 0.1) is 6.92 Å². The molecule has 0 spiro atoms. The van der Waals surface area contributed by atoms with Gasteiger partial charge >= 0.3 is 0 Å². The minimum atomic E-state index is 0.0879. The first kappa shape index (κ1) is 13.6. The van der Waals surface area contributed by atoms with Crippen molar-refractivity contribution in [2.45, 2.75) is 40.2 Å². The number of anilines is 1. The lowest BCUT2D eigenvalue weighted by Crippen LogP contribution is -2.37. The third-order valence-electron chi connectivity index (χ3n) is 2.87. The lowest BCUT2D eigenvalue weighted by molar-refractivity contribution is 0.0706. The van der Waals surface area contributed by atoms with Crippen LogP contribution in [0.25, 0.3) is 0 Å². The molecular formula is C14H22N2O. The van der Waals surface area contributed by atoms with Crippen LogP contribution in [0.2, 0.25) is 0 Å². The van der Waals surface area contributed by atoms with Gasteiger partial charge in [0.2, 0.25) is 0 Å². The van der Waals surface area contributed by atoms with Crippen molar-refractivity contribution >= 4 is 11.6 Å². The van der Waals surface area contributed by atoms with Crippen LogP contribution in [0.5, 0.6) is 0 Å². The summed E-state index contributed by atoms with van der Waals surface area (Å²) in [5.41, 5.74) is 8.16. The fourth-order valence-electron chi connectivity index (χ4n) is 1.81. The zero-order chi connectivity index (χ0) is 13.0. The van der Waals surface area contributed by atoms with E-state index < -0.39 is 0 Å². The van der Waals surface area contributed by atoms with Crippen molar-refractivity contribution in [1.82, 2.24) is 4.90 Å². The maximum atomic E-state index is 12.3. The first-order valence-electron chi connectivity index (χ1n) is 6.14. The quantitative estimate of drug-likeness (QED) is 0.814. The first-order valence-corrected chi connectivity index (χ1v) is 6.14. The third kappa shape index (κ3) is 3.22. The molecule has 1 rings (SSSR count). The largest absolute Gasteiger partial charge is 0.399 e. The Kier molecular flexibility index (Phi) is 4.55. The zero-order valence-corrected chi connectivity index (χ0v) is 11.2. The Bertz CT molecular complexity index is 399. The van der Waals surface area contributed by atoms with E-state index in [1.807, 2.05) is 31.7 Å². The molecular weight excluding hydrogens is 212 g/mol. The van der Waals surface area contributed by atoms with Crippen molar-refractivity contribution in [2.24, 2.45) is 0 Å². The van der Waals surface area contributed by atoms with Crippen molar-refractivity contribution in [2.75, 3.05) is 12.3 Å². The fourth-order valence-corrected chi connectivity index (χ4v) is 1.81. The van der Waals surface area contributed by atoms with Crippen LogP contribution in [0.15, 0.2) is 18.2 Å². The summed E-state index contributed by atoms with van der Waals surface area (Å²) in [5, 5.41) is 0. The summed E-state index contributed by atoms with van der Waals surface area (Å²) in [5.74, 6) is 0.0879. The molecule has 0 unspecified atom stereocenters. The molecule has 0 saturated carbocycles. The summed E-state index contributed by atoms with van der Waals surface area (Å²) in [6.45, 7) is 8.87. The molecule has 0 heterocycles. The molecule has 1 aromatic carbocycles. The van der Waals surface area contributed by atoms with Crippen molar-refractivity contribution < 1.29 is 4.79 Å². The van der Waals surface area contributed by atoms with E-state index in [9.17, 15) is 4.79 Å². The van der Waals surface area contributed by atoms with Gasteiger partial charge in [-0.3, -0.25) is 4.79 Å². The maximum Gasteiger partial charge on any atom is 0.254 e. The van der Waals surface area contributed by atoms with Gasteiger partial charge in [0.25, 0.3) is 5.91 Å². The number of benzene rings is 1. The molecule has 0 saturated heterocycles. The number of nitrogens with two attached hydrogens (primary N) is 1. The molecule has 3 heteroatoms. The lowest BCUT2D eigenvalue weighted by Gasteiger charge is -2.26. The molecule has 0 atom stereocenters. The number of nitrogens with zero attached hydrogens (tertiary/aromatic N) is 1. The van der Waals surface area contributed by atoms with Gasteiger partial charge in [0.1, 0.15) is 0 Å². The van der Waals surface area contributed by atoms with Gasteiger partial charge in [0, 0.05) is 23.8 Å². The SMILES string of the molecule is CCCN(C(=O)c1ccc(N)c(C)c1)C(C)C. The molecule has 0 fully saturated rings. The van der Waals surface area contributed by atoms with E-state index in [1.165, 1.54) is 0 Å². The molecule has 0 aromatic heterocycles. The summed E-state index contributed by atoms with van der Waals surface area (Å²) in [4.78, 5) is 14.2. The summed E-state index contributed by atoms with van der Waals surface area (Å²) in [7, 11) is 0. The number of amides is 1. The molecule has 2 N–H and O–H groups in total. The van der Waals surface area contributed by atoms with Crippen LogP contribution in [0.4, 0.5) is 5.69 Å². The summed E-state index contributed by atoms with van der Waals surface area (Å²) in [6, 6.07) is 5.69. The Morgan fingerprint density at radius 2 is 2.06 bits per heavy atom. The fraction of sp³-hybridized carbons (Fsp3) is 0.500. The second-order valence-corrected chi connectivity index (χ2v) is 4.66. The molecule has 1 amide bonds. The summed E-state index contributed by atoms with van der Waals surface area (Å²) < 4.78 is 0. The predicted molar refractivity (Wildman–Crippen MR) is 72.1 cm³/mol. The first-order chi connectivity index (χ1) is 7.97. The molecule has 0 aliphatic heterocycles. The molecule has 0 aliphatic carbocycles. The third-order valence-corrected chi connectivity index (χ3v) is 2.87. The van der Waals surface area contributed by atoms with Gasteiger partial charge in [-0.1, -0.05) is 6.92 Å². The van der Waals surface area contributed by atoms with Crippen molar-refractivity contribution in [1.29, 1.82) is 0 Å². The number of hydrogen-bond donors (Lipinski definition) is 1. The lowest BCUT2D eigenvalue weighted by atomic mass is 10.1. The Morgan fingerprint density at radius 3 is 2.53 bits per heavy atom. The highest BCUT2D eigenvalue weighted by Gasteiger charge is 2.17. The van der Waals surface area contributed by atoms with Gasteiger partial charge < -0.3 is 10.6 Å².